The molecule has 0 aliphatic carbocycles. The third-order valence-corrected chi connectivity index (χ3v) is 5.94. The third-order valence-electron chi connectivity index (χ3n) is 5.47. The number of hydrogen-bond acceptors (Lipinski definition) is 6. The molecule has 0 N–H and O–H groups in total. The average Bonchev–Trinajstić information content (AvgIpc) is 3.43. The maximum absolute atomic E-state index is 6.57. The zero-order chi connectivity index (χ0) is 20.5. The molecule has 1 fully saturated rings. The largest absolute Gasteiger partial charge is 0.493 e. The van der Waals surface area contributed by atoms with Crippen molar-refractivity contribution in [2.24, 2.45) is 7.05 Å². The summed E-state index contributed by atoms with van der Waals surface area (Å²) in [5.74, 6) is 2.70. The van der Waals surface area contributed by atoms with Crippen LogP contribution in [0.4, 0.5) is 0 Å². The number of aryl methyl sites for hydroxylation is 2. The van der Waals surface area contributed by atoms with Gasteiger partial charge in [0.25, 0.3) is 0 Å². The lowest BCUT2D eigenvalue weighted by Gasteiger charge is -2.19. The second kappa shape index (κ2) is 8.08. The van der Waals surface area contributed by atoms with Crippen molar-refractivity contribution < 1.29 is 14.0 Å². The molecule has 1 atom stereocenters. The summed E-state index contributed by atoms with van der Waals surface area (Å²) in [4.78, 5) is 2.39. The van der Waals surface area contributed by atoms with Gasteiger partial charge in [-0.15, -0.1) is 0 Å². The van der Waals surface area contributed by atoms with Crippen LogP contribution in [0, 0.1) is 6.92 Å². The van der Waals surface area contributed by atoms with Gasteiger partial charge < -0.3 is 14.0 Å². The number of ether oxygens (including phenoxy) is 2. The number of benzene rings is 1. The molecule has 1 aromatic carbocycles. The fourth-order valence-corrected chi connectivity index (χ4v) is 4.25. The van der Waals surface area contributed by atoms with E-state index in [0.29, 0.717) is 23.3 Å². The number of methoxy groups -OCH3 is 2. The molecule has 4 rings (SSSR count). The smallest absolute Gasteiger partial charge is 0.164 e. The van der Waals surface area contributed by atoms with Crippen molar-refractivity contribution in [3.05, 3.63) is 46.3 Å². The highest BCUT2D eigenvalue weighted by Gasteiger charge is 2.29. The van der Waals surface area contributed by atoms with E-state index < -0.39 is 0 Å². The van der Waals surface area contributed by atoms with Crippen LogP contribution in [0.3, 0.4) is 0 Å². The SMILES string of the molecule is COc1cccc(C2CCN(Cc3c(-c4cc(C)on4)nn(C)c3Cl)C2)c1OC. The van der Waals surface area contributed by atoms with Crippen LogP contribution >= 0.6 is 11.6 Å². The van der Waals surface area contributed by atoms with E-state index in [9.17, 15) is 0 Å². The van der Waals surface area contributed by atoms with Crippen LogP contribution < -0.4 is 9.47 Å². The van der Waals surface area contributed by atoms with Crippen molar-refractivity contribution in [1.82, 2.24) is 19.8 Å². The number of hydrogen-bond donors (Lipinski definition) is 0. The summed E-state index contributed by atoms with van der Waals surface area (Å²) >= 11 is 6.57. The fourth-order valence-electron chi connectivity index (χ4n) is 4.06. The molecular formula is C21H25ClN4O3. The summed E-state index contributed by atoms with van der Waals surface area (Å²) in [7, 11) is 5.20. The van der Waals surface area contributed by atoms with E-state index in [1.54, 1.807) is 18.9 Å². The molecule has 154 valence electrons. The van der Waals surface area contributed by atoms with E-state index in [4.69, 9.17) is 25.6 Å². The van der Waals surface area contributed by atoms with E-state index in [2.05, 4.69) is 21.2 Å². The minimum absolute atomic E-state index is 0.369. The van der Waals surface area contributed by atoms with Gasteiger partial charge in [-0.2, -0.15) is 5.10 Å². The van der Waals surface area contributed by atoms with Gasteiger partial charge in [0.05, 0.1) is 14.2 Å². The number of aromatic nitrogens is 3. The minimum atomic E-state index is 0.369. The Labute approximate surface area is 175 Å². The maximum Gasteiger partial charge on any atom is 0.164 e. The molecule has 0 bridgehead atoms. The first-order valence-corrected chi connectivity index (χ1v) is 9.98. The first-order chi connectivity index (χ1) is 14.0. The first kappa shape index (κ1) is 19.8. The quantitative estimate of drug-likeness (QED) is 0.604. The van der Waals surface area contributed by atoms with Crippen LogP contribution in [0.15, 0.2) is 28.8 Å². The average molecular weight is 417 g/mol. The highest BCUT2D eigenvalue weighted by Crippen LogP contribution is 2.40. The Morgan fingerprint density at radius 1 is 1.28 bits per heavy atom. The molecule has 3 aromatic rings. The zero-order valence-corrected chi connectivity index (χ0v) is 17.9. The van der Waals surface area contributed by atoms with Crippen molar-refractivity contribution in [2.45, 2.75) is 25.8 Å². The standard InChI is InChI=1S/C21H25ClN4O3/c1-13-10-17(24-29-13)19-16(21(22)25(2)23-19)12-26-9-8-14(11-26)15-6-5-7-18(27-3)20(15)28-4/h5-7,10,14H,8-9,11-12H2,1-4H3. The Morgan fingerprint density at radius 3 is 2.79 bits per heavy atom. The van der Waals surface area contributed by atoms with Crippen LogP contribution in [-0.2, 0) is 13.6 Å². The molecule has 0 saturated carbocycles. The summed E-state index contributed by atoms with van der Waals surface area (Å²) in [5.41, 5.74) is 3.64. The predicted molar refractivity (Wildman–Crippen MR) is 111 cm³/mol. The van der Waals surface area contributed by atoms with Gasteiger partial charge in [0.15, 0.2) is 11.5 Å². The molecule has 1 unspecified atom stereocenters. The second-order valence-corrected chi connectivity index (χ2v) is 7.73. The van der Waals surface area contributed by atoms with Gasteiger partial charge in [-0.05, 0) is 26.0 Å². The van der Waals surface area contributed by atoms with Gasteiger partial charge >= 0.3 is 0 Å². The molecule has 0 amide bonds. The maximum atomic E-state index is 6.57. The van der Waals surface area contributed by atoms with Gasteiger partial charge in [-0.25, -0.2) is 0 Å². The van der Waals surface area contributed by atoms with Crippen LogP contribution in [0.1, 0.15) is 29.2 Å². The van der Waals surface area contributed by atoms with E-state index >= 15 is 0 Å². The first-order valence-electron chi connectivity index (χ1n) is 9.60. The lowest BCUT2D eigenvalue weighted by atomic mass is 9.97. The Hall–Kier alpha value is -2.51. The number of nitrogens with zero attached hydrogens (tertiary/aromatic N) is 4. The van der Waals surface area contributed by atoms with Crippen molar-refractivity contribution in [3.63, 3.8) is 0 Å². The Kier molecular flexibility index (Phi) is 5.52. The molecule has 1 aliphatic heterocycles. The molecule has 0 spiro atoms. The number of para-hydroxylation sites is 1. The summed E-state index contributed by atoms with van der Waals surface area (Å²) in [5, 5.41) is 9.31. The van der Waals surface area contributed by atoms with Crippen molar-refractivity contribution in [3.8, 4) is 22.9 Å². The lowest BCUT2D eigenvalue weighted by molar-refractivity contribution is 0.323. The Bertz CT molecular complexity index is 1010. The third kappa shape index (κ3) is 3.72. The normalized spacial score (nSPS) is 17.1. The van der Waals surface area contributed by atoms with Crippen LogP contribution in [0.2, 0.25) is 5.15 Å². The Morgan fingerprint density at radius 2 is 2.10 bits per heavy atom. The topological polar surface area (TPSA) is 65.5 Å². The van der Waals surface area contributed by atoms with Crippen LogP contribution in [-0.4, -0.2) is 47.1 Å². The molecule has 7 nitrogen and oxygen atoms in total. The molecular weight excluding hydrogens is 392 g/mol. The predicted octanol–water partition coefficient (Wildman–Crippen LogP) is 4.04. The van der Waals surface area contributed by atoms with Gasteiger partial charge in [-0.1, -0.05) is 28.9 Å². The summed E-state index contributed by atoms with van der Waals surface area (Å²) in [6, 6.07) is 7.95. The Balaban J connectivity index is 1.56. The van der Waals surface area contributed by atoms with Crippen molar-refractivity contribution in [2.75, 3.05) is 27.3 Å². The van der Waals surface area contributed by atoms with E-state index in [0.717, 1.165) is 48.0 Å². The van der Waals surface area contributed by atoms with Crippen LogP contribution in [0.5, 0.6) is 11.5 Å². The summed E-state index contributed by atoms with van der Waals surface area (Å²) in [6.45, 7) is 4.45. The summed E-state index contributed by atoms with van der Waals surface area (Å²) < 4.78 is 18.0. The minimum Gasteiger partial charge on any atom is -0.493 e. The zero-order valence-electron chi connectivity index (χ0n) is 17.1. The molecule has 1 saturated heterocycles. The highest BCUT2D eigenvalue weighted by atomic mass is 35.5. The number of halogens is 1. The summed E-state index contributed by atoms with van der Waals surface area (Å²) in [6.07, 6.45) is 1.04. The molecule has 8 heteroatoms. The van der Waals surface area contributed by atoms with Crippen LogP contribution in [0.25, 0.3) is 11.4 Å². The molecule has 1 aliphatic rings. The fraction of sp³-hybridized carbons (Fsp3) is 0.429. The van der Waals surface area contributed by atoms with E-state index in [1.165, 1.54) is 5.56 Å². The highest BCUT2D eigenvalue weighted by molar-refractivity contribution is 6.30. The molecule has 0 radical (unpaired) electrons. The van der Waals surface area contributed by atoms with E-state index in [-0.39, 0.29) is 0 Å². The number of likely N-dealkylation sites (tertiary alicyclic amines) is 1. The monoisotopic (exact) mass is 416 g/mol. The molecule has 3 heterocycles. The van der Waals surface area contributed by atoms with Gasteiger partial charge in [0.1, 0.15) is 22.3 Å². The molecule has 2 aromatic heterocycles. The van der Waals surface area contributed by atoms with Crippen molar-refractivity contribution in [1.29, 1.82) is 0 Å². The lowest BCUT2D eigenvalue weighted by Crippen LogP contribution is -2.20. The van der Waals surface area contributed by atoms with Gasteiger partial charge in [0.2, 0.25) is 0 Å². The second-order valence-electron chi connectivity index (χ2n) is 7.37. The van der Waals surface area contributed by atoms with Gasteiger partial charge in [-0.3, -0.25) is 9.58 Å². The van der Waals surface area contributed by atoms with Crippen molar-refractivity contribution >= 4 is 11.6 Å². The van der Waals surface area contributed by atoms with E-state index in [1.807, 2.05) is 32.2 Å². The number of rotatable bonds is 6. The van der Waals surface area contributed by atoms with Gasteiger partial charge in [0, 0.05) is 43.2 Å². The molecule has 29 heavy (non-hydrogen) atoms.